The number of amides is 3. The first-order chi connectivity index (χ1) is 11.6. The van der Waals surface area contributed by atoms with Gasteiger partial charge in [0.2, 0.25) is 5.91 Å². The molecule has 0 saturated carbocycles. The number of imidazole rings is 1. The van der Waals surface area contributed by atoms with Gasteiger partial charge < -0.3 is 5.32 Å². The SMILES string of the molecule is Cc1ccc(-n2ccnc2SCCCN2C(=O)CNC2=O)cc1C. The molecule has 3 rings (SSSR count). The summed E-state index contributed by atoms with van der Waals surface area (Å²) >= 11 is 1.63. The molecule has 3 amide bonds. The Labute approximate surface area is 145 Å². The highest BCUT2D eigenvalue weighted by Gasteiger charge is 2.27. The summed E-state index contributed by atoms with van der Waals surface area (Å²) in [5, 5.41) is 3.44. The van der Waals surface area contributed by atoms with Gasteiger partial charge in [-0.1, -0.05) is 17.8 Å². The van der Waals surface area contributed by atoms with Crippen molar-refractivity contribution < 1.29 is 9.59 Å². The van der Waals surface area contributed by atoms with Crippen LogP contribution in [-0.2, 0) is 4.79 Å². The number of aromatic nitrogens is 2. The molecule has 7 heteroatoms. The predicted molar refractivity (Wildman–Crippen MR) is 93.5 cm³/mol. The van der Waals surface area contributed by atoms with Gasteiger partial charge in [-0.25, -0.2) is 9.78 Å². The fraction of sp³-hybridized carbons (Fsp3) is 0.353. The van der Waals surface area contributed by atoms with Gasteiger partial charge in [-0.15, -0.1) is 0 Å². The van der Waals surface area contributed by atoms with Gasteiger partial charge in [0.25, 0.3) is 0 Å². The number of hydrogen-bond donors (Lipinski definition) is 1. The zero-order chi connectivity index (χ0) is 17.1. The van der Waals surface area contributed by atoms with Crippen LogP contribution in [0.25, 0.3) is 5.69 Å². The second-order valence-electron chi connectivity index (χ2n) is 5.75. The zero-order valence-electron chi connectivity index (χ0n) is 13.8. The maximum Gasteiger partial charge on any atom is 0.324 e. The van der Waals surface area contributed by atoms with Crippen LogP contribution in [0.1, 0.15) is 17.5 Å². The van der Waals surface area contributed by atoms with Gasteiger partial charge in [-0.3, -0.25) is 14.3 Å². The van der Waals surface area contributed by atoms with Crippen LogP contribution in [0, 0.1) is 13.8 Å². The summed E-state index contributed by atoms with van der Waals surface area (Å²) in [4.78, 5) is 28.7. The van der Waals surface area contributed by atoms with E-state index in [-0.39, 0.29) is 18.5 Å². The molecule has 1 aliphatic heterocycles. The van der Waals surface area contributed by atoms with Crippen molar-refractivity contribution in [3.8, 4) is 5.69 Å². The third kappa shape index (κ3) is 3.46. The lowest BCUT2D eigenvalue weighted by Gasteiger charge is -2.12. The standard InChI is InChI=1S/C17H20N4O2S/c1-12-4-5-14(10-13(12)2)20-8-6-18-17(20)24-9-3-7-21-15(22)11-19-16(21)23/h4-6,8,10H,3,7,9,11H2,1-2H3,(H,19,23). The molecule has 0 spiro atoms. The quantitative estimate of drug-likeness (QED) is 0.497. The molecular weight excluding hydrogens is 324 g/mol. The summed E-state index contributed by atoms with van der Waals surface area (Å²) in [5.74, 6) is 0.639. The van der Waals surface area contributed by atoms with E-state index in [0.717, 1.165) is 23.0 Å². The summed E-state index contributed by atoms with van der Waals surface area (Å²) < 4.78 is 2.06. The number of imide groups is 1. The van der Waals surface area contributed by atoms with E-state index in [1.54, 1.807) is 18.0 Å². The van der Waals surface area contributed by atoms with E-state index in [0.29, 0.717) is 6.54 Å². The molecule has 2 heterocycles. The molecule has 1 saturated heterocycles. The molecule has 0 radical (unpaired) electrons. The summed E-state index contributed by atoms with van der Waals surface area (Å²) in [6.45, 7) is 4.75. The van der Waals surface area contributed by atoms with Gasteiger partial charge in [0.1, 0.15) is 0 Å². The van der Waals surface area contributed by atoms with E-state index < -0.39 is 0 Å². The monoisotopic (exact) mass is 344 g/mol. The van der Waals surface area contributed by atoms with Crippen molar-refractivity contribution in [2.45, 2.75) is 25.4 Å². The highest BCUT2D eigenvalue weighted by molar-refractivity contribution is 7.99. The molecule has 1 aliphatic rings. The molecule has 1 N–H and O–H groups in total. The number of nitrogens with one attached hydrogen (secondary N) is 1. The minimum Gasteiger partial charge on any atom is -0.329 e. The highest BCUT2D eigenvalue weighted by atomic mass is 32.2. The van der Waals surface area contributed by atoms with Crippen LogP contribution in [0.5, 0.6) is 0 Å². The molecule has 2 aromatic rings. The first-order valence-electron chi connectivity index (χ1n) is 7.88. The molecular formula is C17H20N4O2S. The van der Waals surface area contributed by atoms with Crippen molar-refractivity contribution in [2.24, 2.45) is 0 Å². The van der Waals surface area contributed by atoms with E-state index in [4.69, 9.17) is 0 Å². The lowest BCUT2D eigenvalue weighted by atomic mass is 10.1. The number of urea groups is 1. The molecule has 0 bridgehead atoms. The average Bonchev–Trinajstić information content (AvgIpc) is 3.15. The Morgan fingerprint density at radius 1 is 1.25 bits per heavy atom. The van der Waals surface area contributed by atoms with E-state index in [9.17, 15) is 9.59 Å². The molecule has 1 aromatic heterocycles. The molecule has 1 fully saturated rings. The third-order valence-corrected chi connectivity index (χ3v) is 5.12. The van der Waals surface area contributed by atoms with Gasteiger partial charge in [0.15, 0.2) is 5.16 Å². The Kier molecular flexibility index (Phi) is 4.89. The van der Waals surface area contributed by atoms with Gasteiger partial charge in [-0.2, -0.15) is 0 Å². The highest BCUT2D eigenvalue weighted by Crippen LogP contribution is 2.22. The Morgan fingerprint density at radius 2 is 2.08 bits per heavy atom. The smallest absolute Gasteiger partial charge is 0.324 e. The lowest BCUT2D eigenvalue weighted by molar-refractivity contribution is -0.124. The van der Waals surface area contributed by atoms with E-state index >= 15 is 0 Å². The van der Waals surface area contributed by atoms with Crippen molar-refractivity contribution in [2.75, 3.05) is 18.8 Å². The first-order valence-corrected chi connectivity index (χ1v) is 8.87. The zero-order valence-corrected chi connectivity index (χ0v) is 14.6. The average molecular weight is 344 g/mol. The number of carbonyl (C=O) groups excluding carboxylic acids is 2. The van der Waals surface area contributed by atoms with E-state index in [1.807, 2.05) is 6.20 Å². The summed E-state index contributed by atoms with van der Waals surface area (Å²) in [6.07, 6.45) is 4.47. The molecule has 0 aliphatic carbocycles. The van der Waals surface area contributed by atoms with Crippen LogP contribution in [0.2, 0.25) is 0 Å². The number of carbonyl (C=O) groups is 2. The fourth-order valence-corrected chi connectivity index (χ4v) is 3.43. The second-order valence-corrected chi connectivity index (χ2v) is 6.82. The van der Waals surface area contributed by atoms with Crippen molar-refractivity contribution in [3.63, 3.8) is 0 Å². The molecule has 126 valence electrons. The number of benzene rings is 1. The summed E-state index contributed by atoms with van der Waals surface area (Å²) in [5.41, 5.74) is 3.60. The van der Waals surface area contributed by atoms with Crippen molar-refractivity contribution in [1.82, 2.24) is 19.8 Å². The van der Waals surface area contributed by atoms with Gasteiger partial charge >= 0.3 is 6.03 Å². The second kappa shape index (κ2) is 7.09. The fourth-order valence-electron chi connectivity index (χ4n) is 2.54. The Morgan fingerprint density at radius 3 is 2.79 bits per heavy atom. The van der Waals surface area contributed by atoms with Gasteiger partial charge in [0.05, 0.1) is 6.54 Å². The number of nitrogens with zero attached hydrogens (tertiary/aromatic N) is 3. The molecule has 24 heavy (non-hydrogen) atoms. The van der Waals surface area contributed by atoms with Crippen molar-refractivity contribution in [1.29, 1.82) is 0 Å². The van der Waals surface area contributed by atoms with Crippen molar-refractivity contribution >= 4 is 23.7 Å². The van der Waals surface area contributed by atoms with E-state index in [1.165, 1.54) is 16.0 Å². The molecule has 1 aromatic carbocycles. The number of thioether (sulfide) groups is 1. The van der Waals surface area contributed by atoms with Crippen LogP contribution >= 0.6 is 11.8 Å². The predicted octanol–water partition coefficient (Wildman–Crippen LogP) is 2.52. The van der Waals surface area contributed by atoms with Gasteiger partial charge in [-0.05, 0) is 43.5 Å². The van der Waals surface area contributed by atoms with Crippen LogP contribution < -0.4 is 5.32 Å². The first kappa shape index (κ1) is 16.6. The maximum atomic E-state index is 11.5. The Balaban J connectivity index is 1.59. The number of aryl methyl sites for hydroxylation is 2. The summed E-state index contributed by atoms with van der Waals surface area (Å²) in [7, 11) is 0. The van der Waals surface area contributed by atoms with Crippen LogP contribution in [0.3, 0.4) is 0 Å². The minimum absolute atomic E-state index is 0.114. The minimum atomic E-state index is -0.290. The molecule has 0 unspecified atom stereocenters. The Bertz CT molecular complexity index is 756. The van der Waals surface area contributed by atoms with E-state index in [2.05, 4.69) is 46.9 Å². The molecule has 0 atom stereocenters. The van der Waals surface area contributed by atoms with Gasteiger partial charge in [0, 0.05) is 30.4 Å². The van der Waals surface area contributed by atoms with Crippen molar-refractivity contribution in [3.05, 3.63) is 41.7 Å². The lowest BCUT2D eigenvalue weighted by Crippen LogP contribution is -2.32. The summed E-state index contributed by atoms with van der Waals surface area (Å²) in [6, 6.07) is 6.05. The molecule has 6 nitrogen and oxygen atoms in total. The van der Waals surface area contributed by atoms with Crippen LogP contribution in [-0.4, -0.2) is 45.2 Å². The van der Waals surface area contributed by atoms with Crippen LogP contribution in [0.4, 0.5) is 4.79 Å². The number of rotatable bonds is 6. The maximum absolute atomic E-state index is 11.5. The largest absolute Gasteiger partial charge is 0.329 e. The third-order valence-electron chi connectivity index (χ3n) is 4.07. The van der Waals surface area contributed by atoms with Crippen LogP contribution in [0.15, 0.2) is 35.7 Å². The Hall–Kier alpha value is -2.28. The number of hydrogen-bond acceptors (Lipinski definition) is 4. The normalized spacial score (nSPS) is 14.3. The topological polar surface area (TPSA) is 67.2 Å².